The molecule has 0 saturated heterocycles. The largest absolute Gasteiger partial charge is 0.390 e. The number of ether oxygens (including phenoxy) is 1. The summed E-state index contributed by atoms with van der Waals surface area (Å²) in [5.74, 6) is 0.758. The molecule has 0 aliphatic heterocycles. The second-order valence-electron chi connectivity index (χ2n) is 2.35. The van der Waals surface area contributed by atoms with Crippen molar-refractivity contribution in [2.75, 3.05) is 7.11 Å². The molecule has 0 aliphatic rings. The quantitative estimate of drug-likeness (QED) is 0.664. The average Bonchev–Trinajstić information content (AvgIpc) is 2.32. The number of nitrogens with zero attached hydrogens (tertiary/aromatic N) is 1. The Morgan fingerprint density at radius 2 is 2.36 bits per heavy atom. The second-order valence-corrected chi connectivity index (χ2v) is 2.35. The lowest BCUT2D eigenvalue weighted by Crippen LogP contribution is -1.90. The summed E-state index contributed by atoms with van der Waals surface area (Å²) in [6.07, 6.45) is 0. The van der Waals surface area contributed by atoms with E-state index < -0.39 is 0 Å². The van der Waals surface area contributed by atoms with Crippen LogP contribution in [0.5, 0.6) is 0 Å². The zero-order valence-corrected chi connectivity index (χ0v) is 6.72. The second kappa shape index (κ2) is 3.50. The molecule has 1 aromatic rings. The van der Waals surface area contributed by atoms with E-state index in [2.05, 4.69) is 9.97 Å². The van der Waals surface area contributed by atoms with E-state index in [1.165, 1.54) is 0 Å². The summed E-state index contributed by atoms with van der Waals surface area (Å²) in [7, 11) is 1.61. The van der Waals surface area contributed by atoms with Crippen LogP contribution in [0.4, 0.5) is 0 Å². The third-order valence-corrected chi connectivity index (χ3v) is 1.47. The molecule has 62 valence electrons. The smallest absolute Gasteiger partial charge is 0.132 e. The zero-order chi connectivity index (χ0) is 8.27. The zero-order valence-electron chi connectivity index (χ0n) is 6.72. The summed E-state index contributed by atoms with van der Waals surface area (Å²) in [5.41, 5.74) is 1.59. The van der Waals surface area contributed by atoms with Gasteiger partial charge in [0.2, 0.25) is 0 Å². The first kappa shape index (κ1) is 8.23. The van der Waals surface area contributed by atoms with Gasteiger partial charge in [0.15, 0.2) is 0 Å². The van der Waals surface area contributed by atoms with Crippen molar-refractivity contribution in [3.63, 3.8) is 0 Å². The Kier molecular flexibility index (Phi) is 2.62. The first-order chi connectivity index (χ1) is 5.27. The minimum absolute atomic E-state index is 0.0218. The van der Waals surface area contributed by atoms with E-state index in [9.17, 15) is 0 Å². The maximum atomic E-state index is 8.78. The number of aromatic amines is 1. The van der Waals surface area contributed by atoms with E-state index in [0.29, 0.717) is 12.3 Å². The maximum absolute atomic E-state index is 8.78. The molecule has 0 aliphatic carbocycles. The molecule has 0 saturated carbocycles. The highest BCUT2D eigenvalue weighted by Crippen LogP contribution is 2.04. The number of aliphatic hydroxyl groups excluding tert-OH is 1. The van der Waals surface area contributed by atoms with Gasteiger partial charge < -0.3 is 14.8 Å². The third kappa shape index (κ3) is 1.78. The van der Waals surface area contributed by atoms with E-state index >= 15 is 0 Å². The van der Waals surface area contributed by atoms with Crippen molar-refractivity contribution >= 4 is 0 Å². The lowest BCUT2D eigenvalue weighted by Gasteiger charge is -1.90. The molecule has 2 N–H and O–H groups in total. The van der Waals surface area contributed by atoms with Gasteiger partial charge in [-0.15, -0.1) is 0 Å². The third-order valence-electron chi connectivity index (χ3n) is 1.47. The number of methoxy groups -OCH3 is 1. The van der Waals surface area contributed by atoms with Crippen LogP contribution in [0.3, 0.4) is 0 Å². The van der Waals surface area contributed by atoms with Crippen molar-refractivity contribution < 1.29 is 9.84 Å². The molecule has 1 heterocycles. The maximum Gasteiger partial charge on any atom is 0.132 e. The number of aliphatic hydroxyl groups is 1. The number of imidazole rings is 1. The Morgan fingerprint density at radius 3 is 2.82 bits per heavy atom. The summed E-state index contributed by atoms with van der Waals surface area (Å²) < 4.78 is 4.87. The topological polar surface area (TPSA) is 58.1 Å². The fourth-order valence-electron chi connectivity index (χ4n) is 0.922. The molecule has 0 amide bonds. The molecule has 11 heavy (non-hydrogen) atoms. The minimum atomic E-state index is -0.0218. The fraction of sp³-hybridized carbons (Fsp3) is 0.571. The van der Waals surface area contributed by atoms with E-state index in [4.69, 9.17) is 9.84 Å². The number of rotatable bonds is 3. The molecule has 0 unspecified atom stereocenters. The molecule has 0 bridgehead atoms. The fourth-order valence-corrected chi connectivity index (χ4v) is 0.922. The highest BCUT2D eigenvalue weighted by Gasteiger charge is 2.03. The summed E-state index contributed by atoms with van der Waals surface area (Å²) >= 11 is 0. The lowest BCUT2D eigenvalue weighted by atomic mass is 10.4. The molecule has 0 atom stereocenters. The lowest BCUT2D eigenvalue weighted by molar-refractivity contribution is 0.178. The van der Waals surface area contributed by atoms with Crippen molar-refractivity contribution in [2.45, 2.75) is 20.1 Å². The summed E-state index contributed by atoms with van der Waals surface area (Å²) in [6.45, 7) is 2.31. The highest BCUT2D eigenvalue weighted by molar-refractivity contribution is 5.11. The van der Waals surface area contributed by atoms with Crippen LogP contribution in [-0.4, -0.2) is 22.2 Å². The van der Waals surface area contributed by atoms with Gasteiger partial charge in [-0.1, -0.05) is 0 Å². The van der Waals surface area contributed by atoms with Crippen molar-refractivity contribution in [1.29, 1.82) is 0 Å². The summed E-state index contributed by atoms with van der Waals surface area (Å²) in [4.78, 5) is 7.09. The number of aryl methyl sites for hydroxylation is 1. The highest BCUT2D eigenvalue weighted by atomic mass is 16.5. The van der Waals surface area contributed by atoms with Crippen LogP contribution >= 0.6 is 0 Å². The molecular formula is C7H12N2O2. The molecule has 1 rings (SSSR count). The van der Waals surface area contributed by atoms with Crippen molar-refractivity contribution in [3.8, 4) is 0 Å². The van der Waals surface area contributed by atoms with Gasteiger partial charge in [0.25, 0.3) is 0 Å². The SMILES string of the molecule is COCc1nc(CO)c(C)[nH]1. The molecule has 0 radical (unpaired) electrons. The number of hydrogen-bond acceptors (Lipinski definition) is 3. The van der Waals surface area contributed by atoms with E-state index in [1.54, 1.807) is 7.11 Å². The van der Waals surface area contributed by atoms with Crippen molar-refractivity contribution in [1.82, 2.24) is 9.97 Å². The predicted molar refractivity (Wildman–Crippen MR) is 40.0 cm³/mol. The minimum Gasteiger partial charge on any atom is -0.390 e. The Balaban J connectivity index is 2.77. The molecule has 1 aromatic heterocycles. The Morgan fingerprint density at radius 1 is 1.64 bits per heavy atom. The predicted octanol–water partition coefficient (Wildman–Crippen LogP) is 0.357. The van der Waals surface area contributed by atoms with E-state index in [0.717, 1.165) is 11.5 Å². The van der Waals surface area contributed by atoms with Crippen LogP contribution in [0, 0.1) is 6.92 Å². The molecule has 4 heteroatoms. The van der Waals surface area contributed by atoms with Gasteiger partial charge in [-0.25, -0.2) is 4.98 Å². The molecule has 0 fully saturated rings. The van der Waals surface area contributed by atoms with Gasteiger partial charge in [-0.05, 0) is 6.92 Å². The number of nitrogens with one attached hydrogen (secondary N) is 1. The van der Waals surface area contributed by atoms with Gasteiger partial charge in [0, 0.05) is 12.8 Å². The van der Waals surface area contributed by atoms with Crippen LogP contribution < -0.4 is 0 Å². The number of aromatic nitrogens is 2. The summed E-state index contributed by atoms with van der Waals surface area (Å²) in [6, 6.07) is 0. The Bertz CT molecular complexity index is 232. The van der Waals surface area contributed by atoms with Crippen LogP contribution in [-0.2, 0) is 18.0 Å². The Labute approximate surface area is 65.2 Å². The Hall–Kier alpha value is -0.870. The first-order valence-corrected chi connectivity index (χ1v) is 3.42. The number of H-pyrrole nitrogens is 1. The molecule has 4 nitrogen and oxygen atoms in total. The van der Waals surface area contributed by atoms with Crippen LogP contribution in [0.25, 0.3) is 0 Å². The van der Waals surface area contributed by atoms with Crippen LogP contribution in [0.1, 0.15) is 17.2 Å². The molecule has 0 aromatic carbocycles. The van der Waals surface area contributed by atoms with Crippen molar-refractivity contribution in [2.24, 2.45) is 0 Å². The van der Waals surface area contributed by atoms with Gasteiger partial charge in [0.1, 0.15) is 12.4 Å². The average molecular weight is 156 g/mol. The standard InChI is InChI=1S/C7H12N2O2/c1-5-6(3-10)9-7(8-5)4-11-2/h10H,3-4H2,1-2H3,(H,8,9). The van der Waals surface area contributed by atoms with E-state index in [1.807, 2.05) is 6.92 Å². The number of hydrogen-bond donors (Lipinski definition) is 2. The van der Waals surface area contributed by atoms with Gasteiger partial charge in [-0.2, -0.15) is 0 Å². The van der Waals surface area contributed by atoms with Gasteiger partial charge >= 0.3 is 0 Å². The van der Waals surface area contributed by atoms with Crippen molar-refractivity contribution in [3.05, 3.63) is 17.2 Å². The monoisotopic (exact) mass is 156 g/mol. The normalized spacial score (nSPS) is 10.5. The summed E-state index contributed by atoms with van der Waals surface area (Å²) in [5, 5.41) is 8.78. The van der Waals surface area contributed by atoms with Crippen LogP contribution in [0.15, 0.2) is 0 Å². The molecule has 0 spiro atoms. The first-order valence-electron chi connectivity index (χ1n) is 3.42. The van der Waals surface area contributed by atoms with Crippen LogP contribution in [0.2, 0.25) is 0 Å². The molecular weight excluding hydrogens is 144 g/mol. The van der Waals surface area contributed by atoms with E-state index in [-0.39, 0.29) is 6.61 Å². The van der Waals surface area contributed by atoms with Gasteiger partial charge in [-0.3, -0.25) is 0 Å². The van der Waals surface area contributed by atoms with Gasteiger partial charge in [0.05, 0.1) is 12.3 Å².